The van der Waals surface area contributed by atoms with E-state index in [9.17, 15) is 4.79 Å². The van der Waals surface area contributed by atoms with Crippen LogP contribution in [0.5, 0.6) is 0 Å². The van der Waals surface area contributed by atoms with Crippen molar-refractivity contribution in [2.24, 2.45) is 5.41 Å². The molecule has 0 spiro atoms. The molecule has 0 saturated carbocycles. The molecule has 1 aliphatic heterocycles. The van der Waals surface area contributed by atoms with Gasteiger partial charge in [-0.25, -0.2) is 0 Å². The van der Waals surface area contributed by atoms with Crippen molar-refractivity contribution in [2.45, 2.75) is 27.2 Å². The number of amides is 1. The molecule has 3 heteroatoms. The summed E-state index contributed by atoms with van der Waals surface area (Å²) in [5, 5.41) is 3.31. The third kappa shape index (κ3) is 2.84. The molecule has 1 amide bonds. The van der Waals surface area contributed by atoms with E-state index in [1.807, 2.05) is 30.1 Å². The molecule has 0 saturated heterocycles. The molecule has 2 rings (SSSR count). The highest BCUT2D eigenvalue weighted by atomic mass is 16.2. The van der Waals surface area contributed by atoms with E-state index >= 15 is 0 Å². The number of carbonyl (C=O) groups is 1. The Kier molecular flexibility index (Phi) is 3.33. The maximum Gasteiger partial charge on any atom is 0.253 e. The van der Waals surface area contributed by atoms with Crippen LogP contribution in [0.1, 0.15) is 36.7 Å². The van der Waals surface area contributed by atoms with Crippen molar-refractivity contribution < 1.29 is 4.79 Å². The maximum atomic E-state index is 12.3. The topological polar surface area (TPSA) is 32.3 Å². The zero-order valence-electron chi connectivity index (χ0n) is 11.7. The lowest BCUT2D eigenvalue weighted by molar-refractivity contribution is 0.0745. The Morgan fingerprint density at radius 1 is 1.39 bits per heavy atom. The van der Waals surface area contributed by atoms with Gasteiger partial charge < -0.3 is 10.2 Å². The molecule has 1 heterocycles. The largest absolute Gasteiger partial charge is 0.384 e. The Balaban J connectivity index is 2.14. The van der Waals surface area contributed by atoms with Gasteiger partial charge in [-0.1, -0.05) is 20.8 Å². The van der Waals surface area contributed by atoms with E-state index in [4.69, 9.17) is 0 Å². The van der Waals surface area contributed by atoms with Crippen LogP contribution < -0.4 is 5.32 Å². The number of anilines is 1. The molecule has 3 nitrogen and oxygen atoms in total. The molecule has 0 aromatic heterocycles. The van der Waals surface area contributed by atoms with Gasteiger partial charge in [0, 0.05) is 31.4 Å². The van der Waals surface area contributed by atoms with Crippen molar-refractivity contribution in [2.75, 3.05) is 25.5 Å². The first-order chi connectivity index (χ1) is 8.37. The first-order valence-corrected chi connectivity index (χ1v) is 6.49. The summed E-state index contributed by atoms with van der Waals surface area (Å²) in [6.45, 7) is 8.17. The molecular formula is C15H22N2O. The summed E-state index contributed by atoms with van der Waals surface area (Å²) in [7, 11) is 1.87. The van der Waals surface area contributed by atoms with Crippen LogP contribution in [0.25, 0.3) is 0 Å². The van der Waals surface area contributed by atoms with Crippen LogP contribution in [-0.4, -0.2) is 30.9 Å². The van der Waals surface area contributed by atoms with Crippen LogP contribution in [0, 0.1) is 5.41 Å². The zero-order valence-corrected chi connectivity index (χ0v) is 11.7. The SMILES string of the molecule is CN(CC(C)(C)C)C(=O)c1ccc2c(c1)CCN2. The van der Waals surface area contributed by atoms with Gasteiger partial charge >= 0.3 is 0 Å². The van der Waals surface area contributed by atoms with Crippen LogP contribution in [0.15, 0.2) is 18.2 Å². The average molecular weight is 246 g/mol. The maximum absolute atomic E-state index is 12.3. The summed E-state index contributed by atoms with van der Waals surface area (Å²) in [6.07, 6.45) is 1.01. The molecule has 98 valence electrons. The Morgan fingerprint density at radius 2 is 2.11 bits per heavy atom. The van der Waals surface area contributed by atoms with Crippen molar-refractivity contribution in [3.05, 3.63) is 29.3 Å². The van der Waals surface area contributed by atoms with Crippen LogP contribution in [-0.2, 0) is 6.42 Å². The molecule has 0 radical (unpaired) electrons. The number of hydrogen-bond donors (Lipinski definition) is 1. The highest BCUT2D eigenvalue weighted by Crippen LogP contribution is 2.24. The molecule has 0 bridgehead atoms. The lowest BCUT2D eigenvalue weighted by atomic mass is 9.96. The molecule has 1 aliphatic rings. The van der Waals surface area contributed by atoms with E-state index < -0.39 is 0 Å². The number of benzene rings is 1. The van der Waals surface area contributed by atoms with Crippen molar-refractivity contribution in [1.82, 2.24) is 4.90 Å². The monoisotopic (exact) mass is 246 g/mol. The molecule has 0 atom stereocenters. The molecule has 0 aliphatic carbocycles. The van der Waals surface area contributed by atoms with Gasteiger partial charge in [-0.2, -0.15) is 0 Å². The van der Waals surface area contributed by atoms with Gasteiger partial charge in [0.2, 0.25) is 0 Å². The Bertz CT molecular complexity index is 460. The molecule has 0 unspecified atom stereocenters. The number of rotatable bonds is 2. The van der Waals surface area contributed by atoms with Crippen LogP contribution >= 0.6 is 0 Å². The second kappa shape index (κ2) is 4.63. The van der Waals surface area contributed by atoms with Crippen molar-refractivity contribution in [3.63, 3.8) is 0 Å². The van der Waals surface area contributed by atoms with Gasteiger partial charge in [0.25, 0.3) is 5.91 Å². The highest BCUT2D eigenvalue weighted by molar-refractivity contribution is 5.95. The van der Waals surface area contributed by atoms with Crippen LogP contribution in [0.4, 0.5) is 5.69 Å². The Morgan fingerprint density at radius 3 is 2.78 bits per heavy atom. The van der Waals surface area contributed by atoms with Crippen LogP contribution in [0.3, 0.4) is 0 Å². The Labute approximate surface area is 109 Å². The second-order valence-electron chi connectivity index (χ2n) is 6.27. The number of fused-ring (bicyclic) bond motifs is 1. The number of carbonyl (C=O) groups excluding carboxylic acids is 1. The highest BCUT2D eigenvalue weighted by Gasteiger charge is 2.20. The van der Waals surface area contributed by atoms with Crippen molar-refractivity contribution >= 4 is 11.6 Å². The summed E-state index contributed by atoms with van der Waals surface area (Å²) in [5.74, 6) is 0.111. The fraction of sp³-hybridized carbons (Fsp3) is 0.533. The molecule has 1 aromatic carbocycles. The van der Waals surface area contributed by atoms with E-state index in [1.165, 1.54) is 11.3 Å². The second-order valence-corrected chi connectivity index (χ2v) is 6.27. The van der Waals surface area contributed by atoms with E-state index in [0.29, 0.717) is 0 Å². The number of hydrogen-bond acceptors (Lipinski definition) is 2. The Hall–Kier alpha value is -1.51. The third-order valence-corrected chi connectivity index (χ3v) is 3.12. The fourth-order valence-corrected chi connectivity index (χ4v) is 2.44. The molecule has 1 N–H and O–H groups in total. The minimum Gasteiger partial charge on any atom is -0.384 e. The zero-order chi connectivity index (χ0) is 13.3. The summed E-state index contributed by atoms with van der Waals surface area (Å²) in [4.78, 5) is 14.1. The van der Waals surface area contributed by atoms with E-state index in [-0.39, 0.29) is 11.3 Å². The molecule has 18 heavy (non-hydrogen) atoms. The summed E-state index contributed by atoms with van der Waals surface area (Å²) < 4.78 is 0. The lowest BCUT2D eigenvalue weighted by Crippen LogP contribution is -2.34. The minimum absolute atomic E-state index is 0.111. The fourth-order valence-electron chi connectivity index (χ4n) is 2.44. The minimum atomic E-state index is 0.111. The predicted molar refractivity (Wildman–Crippen MR) is 75.1 cm³/mol. The molecular weight excluding hydrogens is 224 g/mol. The van der Waals surface area contributed by atoms with E-state index in [0.717, 1.165) is 25.1 Å². The first kappa shape index (κ1) is 12.9. The summed E-state index contributed by atoms with van der Waals surface area (Å²) >= 11 is 0. The number of nitrogens with zero attached hydrogens (tertiary/aromatic N) is 1. The van der Waals surface area contributed by atoms with Gasteiger partial charge in [0.05, 0.1) is 0 Å². The van der Waals surface area contributed by atoms with Crippen molar-refractivity contribution in [3.8, 4) is 0 Å². The lowest BCUT2D eigenvalue weighted by Gasteiger charge is -2.26. The average Bonchev–Trinajstić information content (AvgIpc) is 2.72. The smallest absolute Gasteiger partial charge is 0.253 e. The molecule has 1 aromatic rings. The van der Waals surface area contributed by atoms with Gasteiger partial charge in [-0.15, -0.1) is 0 Å². The van der Waals surface area contributed by atoms with Gasteiger partial charge in [0.1, 0.15) is 0 Å². The summed E-state index contributed by atoms with van der Waals surface area (Å²) in [5.41, 5.74) is 3.35. The van der Waals surface area contributed by atoms with Gasteiger partial charge in [0.15, 0.2) is 0 Å². The standard InChI is InChI=1S/C15H22N2O/c1-15(2,3)10-17(4)14(18)12-5-6-13-11(9-12)7-8-16-13/h5-6,9,16H,7-8,10H2,1-4H3. The van der Waals surface area contributed by atoms with Gasteiger partial charge in [-0.3, -0.25) is 4.79 Å². The van der Waals surface area contributed by atoms with E-state index in [1.54, 1.807) is 0 Å². The summed E-state index contributed by atoms with van der Waals surface area (Å²) in [6, 6.07) is 5.95. The van der Waals surface area contributed by atoms with Crippen molar-refractivity contribution in [1.29, 1.82) is 0 Å². The molecule has 0 fully saturated rings. The quantitative estimate of drug-likeness (QED) is 0.870. The third-order valence-electron chi connectivity index (χ3n) is 3.12. The van der Waals surface area contributed by atoms with Crippen LogP contribution in [0.2, 0.25) is 0 Å². The predicted octanol–water partition coefficient (Wildman–Crippen LogP) is 2.77. The van der Waals surface area contributed by atoms with E-state index in [2.05, 4.69) is 26.1 Å². The van der Waals surface area contributed by atoms with Gasteiger partial charge in [-0.05, 0) is 35.6 Å². The number of nitrogens with one attached hydrogen (secondary N) is 1. The normalized spacial score (nSPS) is 14.0. The first-order valence-electron chi connectivity index (χ1n) is 6.49.